The Kier molecular flexibility index (Phi) is 3.18. The van der Waals surface area contributed by atoms with E-state index in [0.29, 0.717) is 0 Å². The summed E-state index contributed by atoms with van der Waals surface area (Å²) < 4.78 is 4.46. The normalized spacial score (nSPS) is 14.7. The van der Waals surface area contributed by atoms with Gasteiger partial charge in [-0.1, -0.05) is 15.9 Å². The Morgan fingerprint density at radius 1 is 1.35 bits per heavy atom. The van der Waals surface area contributed by atoms with Crippen molar-refractivity contribution >= 4 is 38.5 Å². The minimum Gasteiger partial charge on any atom is -0.309 e. The van der Waals surface area contributed by atoms with Gasteiger partial charge in [0.2, 0.25) is 0 Å². The molecule has 0 unspecified atom stereocenters. The SMILES string of the molecule is Brc1ccc(I)c(-c2nnc3n2CCNC3)c1. The Morgan fingerprint density at radius 2 is 2.24 bits per heavy atom. The van der Waals surface area contributed by atoms with E-state index in [1.165, 1.54) is 3.57 Å². The van der Waals surface area contributed by atoms with E-state index >= 15 is 0 Å². The molecule has 4 nitrogen and oxygen atoms in total. The van der Waals surface area contributed by atoms with Crippen molar-refractivity contribution in [2.24, 2.45) is 0 Å². The molecule has 0 aliphatic carbocycles. The average molecular weight is 405 g/mol. The molecule has 0 fully saturated rings. The molecule has 2 aromatic rings. The second-order valence-corrected chi connectivity index (χ2v) is 5.97. The van der Waals surface area contributed by atoms with E-state index in [1.807, 2.05) is 6.07 Å². The Labute approximate surface area is 121 Å². The van der Waals surface area contributed by atoms with Crippen molar-refractivity contribution in [1.82, 2.24) is 20.1 Å². The molecule has 17 heavy (non-hydrogen) atoms. The molecule has 3 rings (SSSR count). The Bertz CT molecular complexity index is 567. The number of nitrogens with one attached hydrogen (secondary N) is 1. The van der Waals surface area contributed by atoms with Crippen LogP contribution in [0.1, 0.15) is 5.82 Å². The van der Waals surface area contributed by atoms with Gasteiger partial charge in [-0.3, -0.25) is 0 Å². The third-order valence-corrected chi connectivity index (χ3v) is 4.23. The molecule has 1 aliphatic rings. The second-order valence-electron chi connectivity index (χ2n) is 3.89. The summed E-state index contributed by atoms with van der Waals surface area (Å²) in [7, 11) is 0. The van der Waals surface area contributed by atoms with E-state index in [4.69, 9.17) is 0 Å². The number of rotatable bonds is 1. The number of hydrogen-bond acceptors (Lipinski definition) is 3. The van der Waals surface area contributed by atoms with E-state index in [9.17, 15) is 0 Å². The van der Waals surface area contributed by atoms with Crippen molar-refractivity contribution in [2.45, 2.75) is 13.1 Å². The zero-order valence-electron chi connectivity index (χ0n) is 8.95. The van der Waals surface area contributed by atoms with E-state index in [-0.39, 0.29) is 0 Å². The maximum atomic E-state index is 4.32. The minimum atomic E-state index is 0.803. The van der Waals surface area contributed by atoms with Gasteiger partial charge in [0.15, 0.2) is 5.82 Å². The van der Waals surface area contributed by atoms with E-state index in [0.717, 1.165) is 41.3 Å². The highest BCUT2D eigenvalue weighted by atomic mass is 127. The van der Waals surface area contributed by atoms with E-state index in [1.54, 1.807) is 0 Å². The number of fused-ring (bicyclic) bond motifs is 1. The van der Waals surface area contributed by atoms with Crippen molar-refractivity contribution < 1.29 is 0 Å². The van der Waals surface area contributed by atoms with Crippen LogP contribution in [0.3, 0.4) is 0 Å². The van der Waals surface area contributed by atoms with Crippen molar-refractivity contribution in [3.63, 3.8) is 0 Å². The first-order valence-corrected chi connectivity index (χ1v) is 7.21. The lowest BCUT2D eigenvalue weighted by Gasteiger charge is -2.16. The lowest BCUT2D eigenvalue weighted by Crippen LogP contribution is -2.28. The summed E-state index contributed by atoms with van der Waals surface area (Å²) in [5.74, 6) is 1.98. The third-order valence-electron chi connectivity index (χ3n) is 2.79. The summed E-state index contributed by atoms with van der Waals surface area (Å²) in [5, 5.41) is 11.9. The largest absolute Gasteiger partial charge is 0.309 e. The van der Waals surface area contributed by atoms with E-state index < -0.39 is 0 Å². The summed E-state index contributed by atoms with van der Waals surface area (Å²) in [6.07, 6.45) is 0. The van der Waals surface area contributed by atoms with Crippen LogP contribution in [-0.4, -0.2) is 21.3 Å². The first-order valence-electron chi connectivity index (χ1n) is 5.34. The number of halogens is 2. The molecule has 88 valence electrons. The molecule has 0 saturated heterocycles. The molecule has 1 aromatic carbocycles. The number of nitrogens with zero attached hydrogens (tertiary/aromatic N) is 3. The molecule has 0 saturated carbocycles. The first-order chi connectivity index (χ1) is 8.25. The highest BCUT2D eigenvalue weighted by Gasteiger charge is 2.18. The quantitative estimate of drug-likeness (QED) is 0.742. The van der Waals surface area contributed by atoms with Gasteiger partial charge in [0.1, 0.15) is 5.82 Å². The Balaban J connectivity index is 2.15. The molecule has 2 heterocycles. The van der Waals surface area contributed by atoms with Gasteiger partial charge in [0.05, 0.1) is 6.54 Å². The Morgan fingerprint density at radius 3 is 3.12 bits per heavy atom. The lowest BCUT2D eigenvalue weighted by atomic mass is 10.2. The van der Waals surface area contributed by atoms with Gasteiger partial charge >= 0.3 is 0 Å². The zero-order valence-corrected chi connectivity index (χ0v) is 12.7. The fourth-order valence-corrected chi connectivity index (χ4v) is 2.90. The summed E-state index contributed by atoms with van der Waals surface area (Å²) in [5.41, 5.74) is 1.14. The van der Waals surface area contributed by atoms with Crippen LogP contribution in [0.4, 0.5) is 0 Å². The summed E-state index contributed by atoms with van der Waals surface area (Å²) in [6, 6.07) is 6.23. The maximum Gasteiger partial charge on any atom is 0.165 e. The van der Waals surface area contributed by atoms with Gasteiger partial charge < -0.3 is 9.88 Å². The molecule has 0 amide bonds. The third kappa shape index (κ3) is 2.13. The summed E-state index contributed by atoms with van der Waals surface area (Å²) in [4.78, 5) is 0. The summed E-state index contributed by atoms with van der Waals surface area (Å²) >= 11 is 5.84. The standard InChI is InChI=1S/C11H10BrIN4/c12-7-1-2-9(13)8(5-7)11-16-15-10-6-14-3-4-17(10)11/h1-2,5,14H,3-4,6H2. The monoisotopic (exact) mass is 404 g/mol. The van der Waals surface area contributed by atoms with Crippen molar-refractivity contribution in [3.05, 3.63) is 32.1 Å². The fourth-order valence-electron chi connectivity index (χ4n) is 1.96. The smallest absolute Gasteiger partial charge is 0.165 e. The van der Waals surface area contributed by atoms with Crippen LogP contribution in [-0.2, 0) is 13.1 Å². The first kappa shape index (κ1) is 11.6. The van der Waals surface area contributed by atoms with Gasteiger partial charge in [-0.15, -0.1) is 10.2 Å². The second kappa shape index (κ2) is 4.66. The van der Waals surface area contributed by atoms with E-state index in [2.05, 4.69) is 70.7 Å². The van der Waals surface area contributed by atoms with Gasteiger partial charge in [-0.05, 0) is 40.8 Å². The van der Waals surface area contributed by atoms with Gasteiger partial charge in [-0.2, -0.15) is 0 Å². The highest BCUT2D eigenvalue weighted by Crippen LogP contribution is 2.28. The molecule has 1 aliphatic heterocycles. The van der Waals surface area contributed by atoms with Crippen LogP contribution < -0.4 is 5.32 Å². The van der Waals surface area contributed by atoms with Crippen molar-refractivity contribution in [1.29, 1.82) is 0 Å². The minimum absolute atomic E-state index is 0.803. The van der Waals surface area contributed by atoms with Crippen LogP contribution in [0.15, 0.2) is 22.7 Å². The van der Waals surface area contributed by atoms with Gasteiger partial charge in [0.25, 0.3) is 0 Å². The molecule has 6 heteroatoms. The van der Waals surface area contributed by atoms with Crippen molar-refractivity contribution in [2.75, 3.05) is 6.54 Å². The molecular formula is C11H10BrIN4. The van der Waals surface area contributed by atoms with Crippen LogP contribution in [0.2, 0.25) is 0 Å². The van der Waals surface area contributed by atoms with Crippen molar-refractivity contribution in [3.8, 4) is 11.4 Å². The lowest BCUT2D eigenvalue weighted by molar-refractivity contribution is 0.508. The fraction of sp³-hybridized carbons (Fsp3) is 0.273. The van der Waals surface area contributed by atoms with Gasteiger partial charge in [0, 0.05) is 26.7 Å². The van der Waals surface area contributed by atoms with Gasteiger partial charge in [-0.25, -0.2) is 0 Å². The van der Waals surface area contributed by atoms with Crippen LogP contribution >= 0.6 is 38.5 Å². The predicted octanol–water partition coefficient (Wildman–Crippen LogP) is 2.42. The number of benzene rings is 1. The Hall–Kier alpha value is -0.470. The van der Waals surface area contributed by atoms with Crippen LogP contribution in [0.25, 0.3) is 11.4 Å². The molecule has 0 spiro atoms. The molecule has 0 bridgehead atoms. The summed E-state index contributed by atoms with van der Waals surface area (Å²) in [6.45, 7) is 2.71. The topological polar surface area (TPSA) is 42.7 Å². The molecular weight excluding hydrogens is 395 g/mol. The predicted molar refractivity (Wildman–Crippen MR) is 77.6 cm³/mol. The zero-order chi connectivity index (χ0) is 11.8. The number of hydrogen-bond donors (Lipinski definition) is 1. The number of aromatic nitrogens is 3. The van der Waals surface area contributed by atoms with Crippen LogP contribution in [0, 0.1) is 3.57 Å². The average Bonchev–Trinajstić information content (AvgIpc) is 2.76. The molecule has 0 radical (unpaired) electrons. The maximum absolute atomic E-state index is 4.32. The molecule has 1 N–H and O–H groups in total. The highest BCUT2D eigenvalue weighted by molar-refractivity contribution is 14.1. The molecule has 0 atom stereocenters. The molecule has 1 aromatic heterocycles. The van der Waals surface area contributed by atoms with Crippen LogP contribution in [0.5, 0.6) is 0 Å².